The Morgan fingerprint density at radius 2 is 1.17 bits per heavy atom. The number of rotatable bonds is 11. The highest BCUT2D eigenvalue weighted by Crippen LogP contribution is 2.30. The summed E-state index contributed by atoms with van der Waals surface area (Å²) in [6.45, 7) is 2.98. The summed E-state index contributed by atoms with van der Waals surface area (Å²) in [4.78, 5) is 50.3. The van der Waals surface area contributed by atoms with Crippen molar-refractivity contribution in [1.82, 2.24) is 30.8 Å². The Morgan fingerprint density at radius 1 is 0.690 bits per heavy atom. The van der Waals surface area contributed by atoms with Crippen LogP contribution in [0.15, 0.2) is 82.8 Å². The van der Waals surface area contributed by atoms with Crippen molar-refractivity contribution in [3.8, 4) is 23.3 Å². The number of nitrogens with one attached hydrogen (secondary N) is 3. The Kier molecular flexibility index (Phi) is 15.8. The number of hydrogen-bond donors (Lipinski definition) is 3. The molecule has 11 nitrogen and oxygen atoms in total. The molecular formula is C43H50F2N6O5S2. The van der Waals surface area contributed by atoms with Gasteiger partial charge in [-0.05, 0) is 113 Å². The lowest BCUT2D eigenvalue weighted by molar-refractivity contribution is -0.137. The fourth-order valence-corrected chi connectivity index (χ4v) is 8.14. The Hall–Kier alpha value is -4.73. The number of nitrogens with zero attached hydrogens (tertiary/aromatic N) is 3. The summed E-state index contributed by atoms with van der Waals surface area (Å²) in [5.74, 6) is -0.275. The highest BCUT2D eigenvalue weighted by atomic mass is 32.2. The molecule has 2 aliphatic heterocycles. The molecule has 15 heteroatoms. The third kappa shape index (κ3) is 12.1. The van der Waals surface area contributed by atoms with Crippen molar-refractivity contribution in [3.63, 3.8) is 0 Å². The van der Waals surface area contributed by atoms with E-state index in [1.54, 1.807) is 35.7 Å². The van der Waals surface area contributed by atoms with Crippen molar-refractivity contribution in [3.05, 3.63) is 95.8 Å². The van der Waals surface area contributed by atoms with Gasteiger partial charge in [-0.15, -0.1) is 23.5 Å². The number of hydrogen-bond acceptors (Lipinski definition) is 10. The molecule has 2 aromatic heterocycles. The standard InChI is InChI=1S/C25H30FN3O3S.C18H20FN3O2S/c1-33-21-9-5-8-20(15-21)32-24-22(14-18(26)16-27-24)23(30)28-19-10-12-29(13-11-19)25(31)17-6-3-2-4-7-17;1-25-15-4-2-3-14(10-15)24-18-16(9-12(19)11-21-18)17(23)22-13-5-7-20-8-6-13/h5,8-9,14-17,19H,2-4,6-7,10-13H2,1H3,(H,28,30);2-4,9-11,13,20H,5-8H2,1H3,(H,22,23). The number of pyridine rings is 2. The SMILES string of the molecule is CSc1cccc(Oc2ncc(F)cc2C(=O)NC2CCN(C(=O)C3CCCCC3)CC2)c1.CSc1cccc(Oc2ncc(F)cc2C(=O)NC2CCNCC2)c1. The summed E-state index contributed by atoms with van der Waals surface area (Å²) in [6, 6.07) is 17.2. The van der Waals surface area contributed by atoms with Gasteiger partial charge in [0.15, 0.2) is 0 Å². The predicted molar refractivity (Wildman–Crippen MR) is 222 cm³/mol. The molecule has 4 aromatic rings. The van der Waals surface area contributed by atoms with Gasteiger partial charge in [0, 0.05) is 40.9 Å². The average molecular weight is 833 g/mol. The fourth-order valence-electron chi connectivity index (χ4n) is 7.24. The van der Waals surface area contributed by atoms with Crippen LogP contribution in [0, 0.1) is 17.6 Å². The Bertz CT molecular complexity index is 2020. The molecule has 0 spiro atoms. The molecule has 3 fully saturated rings. The molecule has 0 bridgehead atoms. The Balaban J connectivity index is 0.000000203. The van der Waals surface area contributed by atoms with Gasteiger partial charge in [-0.25, -0.2) is 18.7 Å². The Morgan fingerprint density at radius 3 is 1.66 bits per heavy atom. The van der Waals surface area contributed by atoms with Crippen LogP contribution in [-0.4, -0.2) is 83.4 Å². The van der Waals surface area contributed by atoms with E-state index in [2.05, 4.69) is 25.9 Å². The van der Waals surface area contributed by atoms with Crippen molar-refractivity contribution < 1.29 is 32.6 Å². The number of aromatic nitrogens is 2. The first-order chi connectivity index (χ1) is 28.2. The highest BCUT2D eigenvalue weighted by Gasteiger charge is 2.30. The second-order valence-corrected chi connectivity index (χ2v) is 16.2. The molecule has 58 heavy (non-hydrogen) atoms. The van der Waals surface area contributed by atoms with Crippen molar-refractivity contribution in [2.75, 3.05) is 38.7 Å². The van der Waals surface area contributed by atoms with Crippen LogP contribution in [0.2, 0.25) is 0 Å². The van der Waals surface area contributed by atoms with Gasteiger partial charge in [0.1, 0.15) is 34.3 Å². The predicted octanol–water partition coefficient (Wildman–Crippen LogP) is 8.25. The van der Waals surface area contributed by atoms with Crippen molar-refractivity contribution >= 4 is 41.2 Å². The van der Waals surface area contributed by atoms with Crippen LogP contribution >= 0.6 is 23.5 Å². The molecule has 0 unspecified atom stereocenters. The van der Waals surface area contributed by atoms with E-state index in [1.165, 1.54) is 6.42 Å². The zero-order valence-electron chi connectivity index (χ0n) is 32.8. The van der Waals surface area contributed by atoms with E-state index in [0.29, 0.717) is 37.4 Å². The zero-order chi connectivity index (χ0) is 40.9. The van der Waals surface area contributed by atoms with Gasteiger partial charge in [-0.2, -0.15) is 0 Å². The lowest BCUT2D eigenvalue weighted by atomic mass is 9.87. The number of benzene rings is 2. The average Bonchev–Trinajstić information content (AvgIpc) is 3.26. The van der Waals surface area contributed by atoms with Crippen LogP contribution in [0.1, 0.15) is 78.5 Å². The van der Waals surface area contributed by atoms with Gasteiger partial charge in [-0.3, -0.25) is 14.4 Å². The first-order valence-corrected chi connectivity index (χ1v) is 22.2. The van der Waals surface area contributed by atoms with Crippen molar-refractivity contribution in [2.45, 2.75) is 79.7 Å². The molecule has 2 aromatic carbocycles. The van der Waals surface area contributed by atoms with Crippen LogP contribution in [0.5, 0.6) is 23.3 Å². The molecule has 2 saturated heterocycles. The number of carbonyl (C=O) groups excluding carboxylic acids is 3. The van der Waals surface area contributed by atoms with E-state index < -0.39 is 17.5 Å². The maximum Gasteiger partial charge on any atom is 0.257 e. The molecule has 3 aliphatic rings. The number of amides is 3. The topological polar surface area (TPSA) is 135 Å². The van der Waals surface area contributed by atoms with Crippen molar-refractivity contribution in [1.29, 1.82) is 0 Å². The summed E-state index contributed by atoms with van der Waals surface area (Å²) in [7, 11) is 0. The monoisotopic (exact) mass is 832 g/mol. The van der Waals surface area contributed by atoms with Gasteiger partial charge in [0.25, 0.3) is 11.8 Å². The Labute approximate surface area is 346 Å². The van der Waals surface area contributed by atoms with E-state index in [-0.39, 0.29) is 52.7 Å². The molecular weight excluding hydrogens is 783 g/mol. The number of likely N-dealkylation sites (tertiary alicyclic amines) is 1. The number of thioether (sulfide) groups is 2. The van der Waals surface area contributed by atoms with Gasteiger partial charge in [0.05, 0.1) is 12.4 Å². The molecule has 0 radical (unpaired) electrons. The number of piperidine rings is 2. The summed E-state index contributed by atoms with van der Waals surface area (Å²) >= 11 is 3.16. The first-order valence-electron chi connectivity index (χ1n) is 19.7. The maximum atomic E-state index is 13.9. The molecule has 3 amide bonds. The summed E-state index contributed by atoms with van der Waals surface area (Å²) in [5, 5.41) is 9.17. The fraction of sp³-hybridized carbons (Fsp3) is 0.419. The first kappa shape index (κ1) is 42.9. The molecule has 3 N–H and O–H groups in total. The smallest absolute Gasteiger partial charge is 0.257 e. The van der Waals surface area contributed by atoms with Crippen LogP contribution < -0.4 is 25.4 Å². The zero-order valence-corrected chi connectivity index (χ0v) is 34.4. The van der Waals surface area contributed by atoms with Crippen LogP contribution in [-0.2, 0) is 4.79 Å². The molecule has 1 aliphatic carbocycles. The van der Waals surface area contributed by atoms with Crippen LogP contribution in [0.3, 0.4) is 0 Å². The second-order valence-electron chi connectivity index (χ2n) is 14.5. The van der Waals surface area contributed by atoms with Gasteiger partial charge in [-0.1, -0.05) is 31.4 Å². The third-order valence-electron chi connectivity index (χ3n) is 10.4. The minimum Gasteiger partial charge on any atom is -0.438 e. The normalized spacial score (nSPS) is 16.4. The van der Waals surface area contributed by atoms with Gasteiger partial charge < -0.3 is 30.3 Å². The summed E-state index contributed by atoms with van der Waals surface area (Å²) in [5.41, 5.74) is 0.165. The number of ether oxygens (including phenoxy) is 2. The summed E-state index contributed by atoms with van der Waals surface area (Å²) < 4.78 is 39.1. The van der Waals surface area contributed by atoms with E-state index in [4.69, 9.17) is 9.47 Å². The van der Waals surface area contributed by atoms with Crippen LogP contribution in [0.4, 0.5) is 8.78 Å². The third-order valence-corrected chi connectivity index (χ3v) is 11.9. The van der Waals surface area contributed by atoms with Crippen LogP contribution in [0.25, 0.3) is 0 Å². The number of carbonyl (C=O) groups is 3. The lowest BCUT2D eigenvalue weighted by Gasteiger charge is -2.35. The molecule has 308 valence electrons. The number of halogens is 2. The second kappa shape index (κ2) is 21.3. The van der Waals surface area contributed by atoms with E-state index in [0.717, 1.165) is 85.9 Å². The minimum absolute atomic E-state index is 0.0604. The molecule has 1 saturated carbocycles. The van der Waals surface area contributed by atoms with E-state index in [9.17, 15) is 23.2 Å². The summed E-state index contributed by atoms with van der Waals surface area (Å²) in [6.07, 6.45) is 14.5. The van der Waals surface area contributed by atoms with Crippen molar-refractivity contribution in [2.24, 2.45) is 5.92 Å². The lowest BCUT2D eigenvalue weighted by Crippen LogP contribution is -2.48. The maximum absolute atomic E-state index is 13.9. The van der Waals surface area contributed by atoms with Gasteiger partial charge >= 0.3 is 0 Å². The highest BCUT2D eigenvalue weighted by molar-refractivity contribution is 7.98. The molecule has 0 atom stereocenters. The minimum atomic E-state index is -0.599. The molecule has 4 heterocycles. The van der Waals surface area contributed by atoms with E-state index in [1.807, 2.05) is 53.8 Å². The largest absolute Gasteiger partial charge is 0.438 e. The van der Waals surface area contributed by atoms with E-state index >= 15 is 0 Å². The van der Waals surface area contributed by atoms with Gasteiger partial charge in [0.2, 0.25) is 17.7 Å². The molecule has 7 rings (SSSR count). The quantitative estimate of drug-likeness (QED) is 0.127.